The van der Waals surface area contributed by atoms with Crippen molar-refractivity contribution in [1.29, 1.82) is 0 Å². The summed E-state index contributed by atoms with van der Waals surface area (Å²) in [4.78, 5) is 35.4. The van der Waals surface area contributed by atoms with Gasteiger partial charge in [-0.2, -0.15) is 0 Å². The van der Waals surface area contributed by atoms with Crippen LogP contribution in [-0.2, 0) is 12.8 Å². The number of benzene rings is 1. The van der Waals surface area contributed by atoms with Crippen LogP contribution in [0.25, 0.3) is 0 Å². The van der Waals surface area contributed by atoms with Crippen LogP contribution in [0.15, 0.2) is 48.8 Å². The molecule has 1 aliphatic rings. The lowest BCUT2D eigenvalue weighted by Gasteiger charge is -2.29. The second-order valence-electron chi connectivity index (χ2n) is 7.59. The quantitative estimate of drug-likeness (QED) is 0.730. The Balaban J connectivity index is 1.63. The number of aryl methyl sites for hydroxylation is 2. The Labute approximate surface area is 176 Å². The fourth-order valence-electron chi connectivity index (χ4n) is 3.86. The van der Waals surface area contributed by atoms with E-state index in [1.54, 1.807) is 30.4 Å². The zero-order valence-electron chi connectivity index (χ0n) is 17.4. The van der Waals surface area contributed by atoms with Gasteiger partial charge in [0.25, 0.3) is 11.8 Å². The van der Waals surface area contributed by atoms with Gasteiger partial charge in [0.15, 0.2) is 0 Å². The summed E-state index contributed by atoms with van der Waals surface area (Å²) >= 11 is 0. The molecule has 30 heavy (non-hydrogen) atoms. The molecule has 0 atom stereocenters. The SMILES string of the molecule is CNC(=O)c1ccc(Cc2cc3c(cc2C)CCN(c2ncccc2C)C3=O)cn1. The van der Waals surface area contributed by atoms with Crippen LogP contribution in [0.1, 0.15) is 48.7 Å². The van der Waals surface area contributed by atoms with Crippen molar-refractivity contribution >= 4 is 17.6 Å². The van der Waals surface area contributed by atoms with Gasteiger partial charge in [0, 0.05) is 31.5 Å². The molecule has 0 spiro atoms. The van der Waals surface area contributed by atoms with Crippen molar-refractivity contribution in [3.05, 3.63) is 87.9 Å². The number of hydrogen-bond acceptors (Lipinski definition) is 4. The molecule has 0 saturated carbocycles. The maximum atomic E-state index is 13.3. The molecule has 1 aromatic carbocycles. The second-order valence-corrected chi connectivity index (χ2v) is 7.59. The molecular weight excluding hydrogens is 376 g/mol. The van der Waals surface area contributed by atoms with Crippen LogP contribution in [0.2, 0.25) is 0 Å². The van der Waals surface area contributed by atoms with Crippen molar-refractivity contribution in [3.8, 4) is 0 Å². The number of nitrogens with one attached hydrogen (secondary N) is 1. The Morgan fingerprint density at radius 3 is 2.67 bits per heavy atom. The summed E-state index contributed by atoms with van der Waals surface area (Å²) in [5, 5.41) is 2.57. The van der Waals surface area contributed by atoms with Gasteiger partial charge in [-0.25, -0.2) is 4.98 Å². The van der Waals surface area contributed by atoms with Crippen LogP contribution in [0.5, 0.6) is 0 Å². The van der Waals surface area contributed by atoms with Gasteiger partial charge < -0.3 is 5.32 Å². The molecule has 0 saturated heterocycles. The fraction of sp³-hybridized carbons (Fsp3) is 0.250. The highest BCUT2D eigenvalue weighted by Gasteiger charge is 2.28. The number of amides is 2. The van der Waals surface area contributed by atoms with Crippen LogP contribution < -0.4 is 10.2 Å². The van der Waals surface area contributed by atoms with Crippen LogP contribution >= 0.6 is 0 Å². The van der Waals surface area contributed by atoms with Crippen molar-refractivity contribution in [2.24, 2.45) is 0 Å². The Morgan fingerprint density at radius 2 is 1.97 bits per heavy atom. The van der Waals surface area contributed by atoms with Crippen LogP contribution in [0.4, 0.5) is 5.82 Å². The number of anilines is 1. The standard InChI is InChI=1S/C24H24N4O2/c1-15-5-4-9-26-22(15)28-10-8-18-11-16(2)19(13-20(18)24(28)30)12-17-6-7-21(27-14-17)23(29)25-3/h4-7,9,11,13-14H,8,10,12H2,1-3H3,(H,25,29). The average Bonchev–Trinajstić information content (AvgIpc) is 2.76. The first-order valence-corrected chi connectivity index (χ1v) is 10.0. The summed E-state index contributed by atoms with van der Waals surface area (Å²) in [6.45, 7) is 4.68. The largest absolute Gasteiger partial charge is 0.354 e. The zero-order chi connectivity index (χ0) is 21.3. The fourth-order valence-corrected chi connectivity index (χ4v) is 3.86. The average molecular weight is 400 g/mol. The molecule has 0 fully saturated rings. The third-order valence-electron chi connectivity index (χ3n) is 5.56. The number of fused-ring (bicyclic) bond motifs is 1. The van der Waals surface area contributed by atoms with E-state index in [0.29, 0.717) is 18.7 Å². The highest BCUT2D eigenvalue weighted by atomic mass is 16.2. The Morgan fingerprint density at radius 1 is 1.13 bits per heavy atom. The van der Waals surface area contributed by atoms with Crippen molar-refractivity contribution in [3.63, 3.8) is 0 Å². The molecule has 0 radical (unpaired) electrons. The van der Waals surface area contributed by atoms with Crippen LogP contribution in [-0.4, -0.2) is 35.4 Å². The first-order valence-electron chi connectivity index (χ1n) is 10.0. The Hall–Kier alpha value is -3.54. The van der Waals surface area contributed by atoms with Crippen LogP contribution in [0, 0.1) is 13.8 Å². The number of carbonyl (C=O) groups excluding carboxylic acids is 2. The molecule has 0 bridgehead atoms. The maximum absolute atomic E-state index is 13.3. The Kier molecular flexibility index (Phi) is 5.31. The molecule has 3 heterocycles. The van der Waals surface area contributed by atoms with Gasteiger partial charge in [0.05, 0.1) is 0 Å². The second kappa shape index (κ2) is 8.06. The smallest absolute Gasteiger partial charge is 0.269 e. The summed E-state index contributed by atoms with van der Waals surface area (Å²) in [7, 11) is 1.58. The summed E-state index contributed by atoms with van der Waals surface area (Å²) in [6, 6.07) is 11.6. The molecule has 6 nitrogen and oxygen atoms in total. The topological polar surface area (TPSA) is 75.2 Å². The van der Waals surface area contributed by atoms with Gasteiger partial charge in [-0.3, -0.25) is 19.5 Å². The lowest BCUT2D eigenvalue weighted by molar-refractivity contribution is 0.0955. The molecule has 0 aliphatic carbocycles. The van der Waals surface area contributed by atoms with Crippen molar-refractivity contribution in [1.82, 2.24) is 15.3 Å². The van der Waals surface area contributed by atoms with E-state index in [9.17, 15) is 9.59 Å². The number of nitrogens with zero attached hydrogens (tertiary/aromatic N) is 3. The van der Waals surface area contributed by atoms with Crippen molar-refractivity contribution in [2.75, 3.05) is 18.5 Å². The lowest BCUT2D eigenvalue weighted by atomic mass is 9.91. The first kappa shape index (κ1) is 19.8. The minimum atomic E-state index is -0.206. The van der Waals surface area contributed by atoms with E-state index in [4.69, 9.17) is 0 Å². The molecule has 1 aliphatic heterocycles. The number of hydrogen-bond donors (Lipinski definition) is 1. The van der Waals surface area contributed by atoms with Gasteiger partial charge in [0.1, 0.15) is 11.5 Å². The molecule has 3 aromatic rings. The molecule has 2 aromatic heterocycles. The normalized spacial score (nSPS) is 13.2. The summed E-state index contributed by atoms with van der Waals surface area (Å²) in [5.74, 6) is 0.513. The minimum Gasteiger partial charge on any atom is -0.354 e. The molecular formula is C24H24N4O2. The number of carbonyl (C=O) groups is 2. The van der Waals surface area contributed by atoms with Crippen molar-refractivity contribution in [2.45, 2.75) is 26.7 Å². The van der Waals surface area contributed by atoms with Crippen molar-refractivity contribution < 1.29 is 9.59 Å². The number of rotatable bonds is 4. The van der Waals surface area contributed by atoms with Gasteiger partial charge in [-0.05, 0) is 72.7 Å². The zero-order valence-corrected chi connectivity index (χ0v) is 17.4. The monoisotopic (exact) mass is 400 g/mol. The third kappa shape index (κ3) is 3.68. The summed E-state index contributed by atoms with van der Waals surface area (Å²) < 4.78 is 0. The first-order chi connectivity index (χ1) is 14.5. The van der Waals surface area contributed by atoms with Gasteiger partial charge in [-0.15, -0.1) is 0 Å². The number of aromatic nitrogens is 2. The number of pyridine rings is 2. The van der Waals surface area contributed by atoms with E-state index in [1.165, 1.54) is 0 Å². The highest BCUT2D eigenvalue weighted by Crippen LogP contribution is 2.28. The third-order valence-corrected chi connectivity index (χ3v) is 5.56. The molecule has 1 N–H and O–H groups in total. The van der Waals surface area contributed by atoms with E-state index in [1.807, 2.05) is 31.2 Å². The van der Waals surface area contributed by atoms with E-state index >= 15 is 0 Å². The molecule has 0 unspecified atom stereocenters. The summed E-state index contributed by atoms with van der Waals surface area (Å²) in [5.41, 5.74) is 6.42. The van der Waals surface area contributed by atoms with E-state index in [2.05, 4.69) is 28.3 Å². The van der Waals surface area contributed by atoms with Crippen LogP contribution in [0.3, 0.4) is 0 Å². The van der Waals surface area contributed by atoms with E-state index in [-0.39, 0.29) is 11.8 Å². The van der Waals surface area contributed by atoms with E-state index < -0.39 is 0 Å². The van der Waals surface area contributed by atoms with Gasteiger partial charge >= 0.3 is 0 Å². The Bertz CT molecular complexity index is 1120. The van der Waals surface area contributed by atoms with Gasteiger partial charge in [-0.1, -0.05) is 18.2 Å². The molecule has 4 rings (SSSR count). The molecule has 152 valence electrons. The molecule has 6 heteroatoms. The summed E-state index contributed by atoms with van der Waals surface area (Å²) in [6.07, 6.45) is 4.90. The maximum Gasteiger partial charge on any atom is 0.269 e. The minimum absolute atomic E-state index is 0.00705. The highest BCUT2D eigenvalue weighted by molar-refractivity contribution is 6.08. The van der Waals surface area contributed by atoms with E-state index in [0.717, 1.165) is 45.6 Å². The van der Waals surface area contributed by atoms with Gasteiger partial charge in [0.2, 0.25) is 0 Å². The molecule has 2 amide bonds. The predicted molar refractivity (Wildman–Crippen MR) is 116 cm³/mol. The lowest BCUT2D eigenvalue weighted by Crippen LogP contribution is -2.38. The predicted octanol–water partition coefficient (Wildman–Crippen LogP) is 3.25.